The van der Waals surface area contributed by atoms with Crippen molar-refractivity contribution in [3.8, 4) is 0 Å². The van der Waals surface area contributed by atoms with Crippen LogP contribution in [0.1, 0.15) is 16.7 Å². The number of carbonyl (C=O) groups is 1. The average Bonchev–Trinajstić information content (AvgIpc) is 2.64. The summed E-state index contributed by atoms with van der Waals surface area (Å²) in [6.45, 7) is 2.76. The number of hydrogen-bond donors (Lipinski definition) is 2. The molecule has 25 heavy (non-hydrogen) atoms. The van der Waals surface area contributed by atoms with Crippen LogP contribution in [-0.2, 0) is 17.8 Å². The highest BCUT2D eigenvalue weighted by molar-refractivity contribution is 5.92. The number of aryl methyl sites for hydroxylation is 1. The summed E-state index contributed by atoms with van der Waals surface area (Å²) in [5, 5.41) is 6.29. The lowest BCUT2D eigenvalue weighted by atomic mass is 10.1. The number of rotatable bonds is 6. The second kappa shape index (κ2) is 8.11. The van der Waals surface area contributed by atoms with Crippen LogP contribution in [-0.4, -0.2) is 10.9 Å². The second-order valence-electron chi connectivity index (χ2n) is 5.94. The van der Waals surface area contributed by atoms with Crippen LogP contribution in [0.2, 0.25) is 0 Å². The molecule has 4 nitrogen and oxygen atoms in total. The summed E-state index contributed by atoms with van der Waals surface area (Å²) in [6.07, 6.45) is 3.95. The Bertz CT molecular complexity index is 829. The number of pyridine rings is 1. The van der Waals surface area contributed by atoms with E-state index < -0.39 is 0 Å². The number of anilines is 2. The van der Waals surface area contributed by atoms with Crippen LogP contribution >= 0.6 is 0 Å². The predicted octanol–water partition coefficient (Wildman–Crippen LogP) is 4.18. The van der Waals surface area contributed by atoms with E-state index in [1.165, 1.54) is 5.56 Å². The smallest absolute Gasteiger partial charge is 0.228 e. The van der Waals surface area contributed by atoms with Crippen molar-refractivity contribution < 1.29 is 4.79 Å². The number of nitrogens with one attached hydrogen (secondary N) is 2. The van der Waals surface area contributed by atoms with Crippen LogP contribution in [0, 0.1) is 6.92 Å². The Morgan fingerprint density at radius 3 is 2.32 bits per heavy atom. The quantitative estimate of drug-likeness (QED) is 0.712. The molecule has 4 heteroatoms. The lowest BCUT2D eigenvalue weighted by molar-refractivity contribution is -0.115. The van der Waals surface area contributed by atoms with Gasteiger partial charge in [-0.05, 0) is 60.0 Å². The van der Waals surface area contributed by atoms with Crippen molar-refractivity contribution in [2.75, 3.05) is 10.6 Å². The van der Waals surface area contributed by atoms with Crippen molar-refractivity contribution in [1.82, 2.24) is 4.98 Å². The number of aromatic nitrogens is 1. The minimum Gasteiger partial charge on any atom is -0.381 e. The highest BCUT2D eigenvalue weighted by Crippen LogP contribution is 2.15. The molecular formula is C21H21N3O. The number of benzene rings is 2. The molecule has 0 fully saturated rings. The first kappa shape index (κ1) is 16.7. The molecule has 0 aliphatic rings. The molecule has 3 aromatic rings. The molecule has 3 rings (SSSR count). The first-order valence-electron chi connectivity index (χ1n) is 8.28. The number of carbonyl (C=O) groups excluding carboxylic acids is 1. The molecule has 0 aliphatic carbocycles. The van der Waals surface area contributed by atoms with Crippen molar-refractivity contribution >= 4 is 17.3 Å². The van der Waals surface area contributed by atoms with Crippen LogP contribution in [0.25, 0.3) is 0 Å². The van der Waals surface area contributed by atoms with Gasteiger partial charge in [0.05, 0.1) is 6.42 Å². The molecule has 1 aromatic heterocycles. The van der Waals surface area contributed by atoms with Crippen LogP contribution in [0.15, 0.2) is 73.1 Å². The first-order valence-corrected chi connectivity index (χ1v) is 8.28. The van der Waals surface area contributed by atoms with E-state index in [-0.39, 0.29) is 5.91 Å². The fourth-order valence-corrected chi connectivity index (χ4v) is 2.56. The standard InChI is InChI=1S/C21H21N3O/c1-16-4-2-3-5-18(16)14-21(25)24-20-8-6-19(7-9-20)23-15-17-10-12-22-13-11-17/h2-13,23H,14-15H2,1H3,(H,24,25). The molecule has 0 radical (unpaired) electrons. The monoisotopic (exact) mass is 331 g/mol. The Kier molecular flexibility index (Phi) is 5.42. The highest BCUT2D eigenvalue weighted by Gasteiger charge is 2.06. The molecule has 2 aromatic carbocycles. The summed E-state index contributed by atoms with van der Waals surface area (Å²) in [5.41, 5.74) is 5.16. The molecule has 0 atom stereocenters. The van der Waals surface area contributed by atoms with E-state index in [9.17, 15) is 4.79 Å². The van der Waals surface area contributed by atoms with E-state index >= 15 is 0 Å². The molecule has 126 valence electrons. The second-order valence-corrected chi connectivity index (χ2v) is 5.94. The normalized spacial score (nSPS) is 10.3. The maximum Gasteiger partial charge on any atom is 0.228 e. The number of hydrogen-bond acceptors (Lipinski definition) is 3. The lowest BCUT2D eigenvalue weighted by Crippen LogP contribution is -2.15. The number of amides is 1. The molecule has 0 saturated heterocycles. The van der Waals surface area contributed by atoms with Gasteiger partial charge in [0.25, 0.3) is 0 Å². The van der Waals surface area contributed by atoms with Gasteiger partial charge in [-0.3, -0.25) is 9.78 Å². The molecule has 1 heterocycles. The molecule has 0 aliphatic heterocycles. The summed E-state index contributed by atoms with van der Waals surface area (Å²) >= 11 is 0. The maximum absolute atomic E-state index is 12.2. The minimum atomic E-state index is -0.00760. The van der Waals surface area contributed by atoms with Crippen LogP contribution < -0.4 is 10.6 Å². The van der Waals surface area contributed by atoms with Gasteiger partial charge in [-0.2, -0.15) is 0 Å². The predicted molar refractivity (Wildman–Crippen MR) is 102 cm³/mol. The molecule has 2 N–H and O–H groups in total. The van der Waals surface area contributed by atoms with Crippen molar-refractivity contribution in [2.45, 2.75) is 19.9 Å². The van der Waals surface area contributed by atoms with Gasteiger partial charge in [0.1, 0.15) is 0 Å². The minimum absolute atomic E-state index is 0.00760. The third-order valence-electron chi connectivity index (χ3n) is 4.03. The van der Waals surface area contributed by atoms with Gasteiger partial charge >= 0.3 is 0 Å². The summed E-state index contributed by atoms with van der Waals surface area (Å²) in [4.78, 5) is 16.2. The van der Waals surface area contributed by atoms with Gasteiger partial charge in [-0.1, -0.05) is 24.3 Å². The summed E-state index contributed by atoms with van der Waals surface area (Å²) in [5.74, 6) is -0.00760. The van der Waals surface area contributed by atoms with E-state index in [4.69, 9.17) is 0 Å². The summed E-state index contributed by atoms with van der Waals surface area (Å²) in [6, 6.07) is 19.6. The highest BCUT2D eigenvalue weighted by atomic mass is 16.1. The van der Waals surface area contributed by atoms with E-state index in [1.807, 2.05) is 67.6 Å². The van der Waals surface area contributed by atoms with Gasteiger partial charge in [0, 0.05) is 30.3 Å². The molecule has 0 saturated carbocycles. The zero-order valence-electron chi connectivity index (χ0n) is 14.2. The van der Waals surface area contributed by atoms with Gasteiger partial charge in [0.2, 0.25) is 5.91 Å². The van der Waals surface area contributed by atoms with Crippen molar-refractivity contribution in [1.29, 1.82) is 0 Å². The maximum atomic E-state index is 12.2. The zero-order chi connectivity index (χ0) is 17.5. The summed E-state index contributed by atoms with van der Waals surface area (Å²) < 4.78 is 0. The van der Waals surface area contributed by atoms with E-state index in [0.29, 0.717) is 6.42 Å². The largest absolute Gasteiger partial charge is 0.381 e. The van der Waals surface area contributed by atoms with Crippen LogP contribution in [0.5, 0.6) is 0 Å². The van der Waals surface area contributed by atoms with Crippen LogP contribution in [0.4, 0.5) is 11.4 Å². The Morgan fingerprint density at radius 1 is 0.920 bits per heavy atom. The average molecular weight is 331 g/mol. The van der Waals surface area contributed by atoms with Crippen molar-refractivity contribution in [3.05, 3.63) is 89.7 Å². The van der Waals surface area contributed by atoms with Crippen LogP contribution in [0.3, 0.4) is 0 Å². The topological polar surface area (TPSA) is 54.0 Å². The van der Waals surface area contributed by atoms with Crippen molar-refractivity contribution in [3.63, 3.8) is 0 Å². The fourth-order valence-electron chi connectivity index (χ4n) is 2.56. The number of nitrogens with zero attached hydrogens (tertiary/aromatic N) is 1. The van der Waals surface area contributed by atoms with Gasteiger partial charge in [-0.15, -0.1) is 0 Å². The first-order chi connectivity index (χ1) is 12.2. The van der Waals surface area contributed by atoms with Crippen molar-refractivity contribution in [2.24, 2.45) is 0 Å². The van der Waals surface area contributed by atoms with Gasteiger partial charge in [-0.25, -0.2) is 0 Å². The Morgan fingerprint density at radius 2 is 1.60 bits per heavy atom. The Balaban J connectivity index is 1.53. The Labute approximate surface area is 147 Å². The van der Waals surface area contributed by atoms with E-state index in [0.717, 1.165) is 29.0 Å². The third kappa shape index (κ3) is 4.91. The molecule has 1 amide bonds. The SMILES string of the molecule is Cc1ccccc1CC(=O)Nc1ccc(NCc2ccncc2)cc1. The van der Waals surface area contributed by atoms with Gasteiger partial charge < -0.3 is 10.6 Å². The Hall–Kier alpha value is -3.14. The van der Waals surface area contributed by atoms with E-state index in [2.05, 4.69) is 15.6 Å². The molecule has 0 spiro atoms. The zero-order valence-corrected chi connectivity index (χ0v) is 14.2. The lowest BCUT2D eigenvalue weighted by Gasteiger charge is -2.09. The fraction of sp³-hybridized carbons (Fsp3) is 0.143. The van der Waals surface area contributed by atoms with E-state index in [1.54, 1.807) is 12.4 Å². The molecule has 0 bridgehead atoms. The van der Waals surface area contributed by atoms with Gasteiger partial charge in [0.15, 0.2) is 0 Å². The third-order valence-corrected chi connectivity index (χ3v) is 4.03. The molecule has 0 unspecified atom stereocenters. The summed E-state index contributed by atoms with van der Waals surface area (Å²) in [7, 11) is 0. The molecular weight excluding hydrogens is 310 g/mol.